The third kappa shape index (κ3) is 1.35. The van der Waals surface area contributed by atoms with Gasteiger partial charge < -0.3 is 5.73 Å². The van der Waals surface area contributed by atoms with E-state index in [-0.39, 0.29) is 6.04 Å². The Hall–Kier alpha value is -1.49. The van der Waals surface area contributed by atoms with E-state index in [1.807, 2.05) is 24.3 Å². The van der Waals surface area contributed by atoms with E-state index in [1.54, 1.807) is 6.33 Å². The summed E-state index contributed by atoms with van der Waals surface area (Å²) in [5.74, 6) is 0.773. The van der Waals surface area contributed by atoms with Crippen LogP contribution >= 0.6 is 0 Å². The Bertz CT molecular complexity index is 447. The van der Waals surface area contributed by atoms with Crippen molar-refractivity contribution in [2.24, 2.45) is 5.73 Å². The van der Waals surface area contributed by atoms with E-state index in [0.29, 0.717) is 0 Å². The van der Waals surface area contributed by atoms with Crippen LogP contribution in [0.4, 0.5) is 0 Å². The van der Waals surface area contributed by atoms with Gasteiger partial charge in [-0.05, 0) is 13.3 Å². The van der Waals surface area contributed by atoms with Gasteiger partial charge in [-0.15, -0.1) is 10.2 Å². The molecule has 0 saturated carbocycles. The highest BCUT2D eigenvalue weighted by atomic mass is 15.3. The molecule has 5 nitrogen and oxygen atoms in total. The van der Waals surface area contributed by atoms with Crippen molar-refractivity contribution in [3.63, 3.8) is 0 Å². The first-order chi connectivity index (χ1) is 6.72. The molecule has 0 spiro atoms. The van der Waals surface area contributed by atoms with Gasteiger partial charge in [0.25, 0.3) is 0 Å². The number of rotatable bonds is 2. The van der Waals surface area contributed by atoms with Crippen LogP contribution in [0, 0.1) is 6.92 Å². The Balaban J connectivity index is 2.58. The fourth-order valence-corrected chi connectivity index (χ4v) is 1.34. The van der Waals surface area contributed by atoms with Crippen molar-refractivity contribution in [2.45, 2.75) is 26.3 Å². The van der Waals surface area contributed by atoms with Crippen molar-refractivity contribution in [1.29, 1.82) is 0 Å². The molecule has 2 aromatic rings. The molecular formula is C9H13N5. The summed E-state index contributed by atoms with van der Waals surface area (Å²) in [6.45, 7) is 3.95. The standard InChI is InChI=1S/C9H13N5/c1-3-7(10)9-13-12-8-4-6(2)11-5-14(8)9/h4-5,7H,3,10H2,1-2H3. The van der Waals surface area contributed by atoms with Crippen molar-refractivity contribution in [3.8, 4) is 0 Å². The van der Waals surface area contributed by atoms with E-state index in [0.717, 1.165) is 23.6 Å². The van der Waals surface area contributed by atoms with Crippen LogP contribution in [0.5, 0.6) is 0 Å². The SMILES string of the molecule is CCC(N)c1nnc2cc(C)ncn12. The average Bonchev–Trinajstić information content (AvgIpc) is 2.59. The normalized spacial score (nSPS) is 13.4. The van der Waals surface area contributed by atoms with Crippen molar-refractivity contribution >= 4 is 5.65 Å². The van der Waals surface area contributed by atoms with Crippen LogP contribution in [0.1, 0.15) is 30.9 Å². The number of hydrogen-bond acceptors (Lipinski definition) is 4. The molecule has 5 heteroatoms. The van der Waals surface area contributed by atoms with Gasteiger partial charge in [0, 0.05) is 11.8 Å². The number of aromatic nitrogens is 4. The maximum atomic E-state index is 5.89. The van der Waals surface area contributed by atoms with E-state index in [2.05, 4.69) is 15.2 Å². The second kappa shape index (κ2) is 3.34. The number of aryl methyl sites for hydroxylation is 1. The molecule has 2 aromatic heterocycles. The van der Waals surface area contributed by atoms with Gasteiger partial charge >= 0.3 is 0 Å². The molecule has 0 radical (unpaired) electrons. The van der Waals surface area contributed by atoms with Gasteiger partial charge in [0.05, 0.1) is 6.04 Å². The lowest BCUT2D eigenvalue weighted by Crippen LogP contribution is -2.12. The van der Waals surface area contributed by atoms with Gasteiger partial charge in [-0.1, -0.05) is 6.92 Å². The van der Waals surface area contributed by atoms with Crippen molar-refractivity contribution < 1.29 is 0 Å². The second-order valence-electron chi connectivity index (χ2n) is 3.33. The third-order valence-corrected chi connectivity index (χ3v) is 2.23. The summed E-state index contributed by atoms with van der Waals surface area (Å²) < 4.78 is 1.83. The van der Waals surface area contributed by atoms with Gasteiger partial charge in [0.15, 0.2) is 11.5 Å². The minimum absolute atomic E-state index is 0.0745. The molecule has 0 saturated heterocycles. The van der Waals surface area contributed by atoms with Crippen LogP contribution in [0.2, 0.25) is 0 Å². The number of hydrogen-bond donors (Lipinski definition) is 1. The molecule has 0 aromatic carbocycles. The van der Waals surface area contributed by atoms with E-state index in [9.17, 15) is 0 Å². The van der Waals surface area contributed by atoms with Crippen LogP contribution in [0.15, 0.2) is 12.4 Å². The summed E-state index contributed by atoms with van der Waals surface area (Å²) in [4.78, 5) is 4.18. The molecule has 0 aliphatic carbocycles. The zero-order chi connectivity index (χ0) is 10.1. The zero-order valence-corrected chi connectivity index (χ0v) is 8.31. The number of nitrogens with zero attached hydrogens (tertiary/aromatic N) is 4. The molecule has 0 amide bonds. The molecule has 0 aliphatic heterocycles. The molecule has 14 heavy (non-hydrogen) atoms. The Morgan fingerprint density at radius 2 is 2.29 bits per heavy atom. The Kier molecular flexibility index (Phi) is 2.17. The lowest BCUT2D eigenvalue weighted by atomic mass is 10.2. The summed E-state index contributed by atoms with van der Waals surface area (Å²) in [5.41, 5.74) is 7.63. The van der Waals surface area contributed by atoms with Gasteiger partial charge in [0.1, 0.15) is 6.33 Å². The minimum atomic E-state index is -0.0745. The Morgan fingerprint density at radius 1 is 1.50 bits per heavy atom. The van der Waals surface area contributed by atoms with Gasteiger partial charge in [0.2, 0.25) is 0 Å². The van der Waals surface area contributed by atoms with Crippen LogP contribution in [0.3, 0.4) is 0 Å². The fourth-order valence-electron chi connectivity index (χ4n) is 1.34. The van der Waals surface area contributed by atoms with Crippen LogP contribution in [0.25, 0.3) is 5.65 Å². The summed E-state index contributed by atoms with van der Waals surface area (Å²) in [6.07, 6.45) is 2.56. The smallest absolute Gasteiger partial charge is 0.163 e. The predicted octanol–water partition coefficient (Wildman–Crippen LogP) is 0.843. The second-order valence-corrected chi connectivity index (χ2v) is 3.33. The monoisotopic (exact) mass is 191 g/mol. The molecule has 1 unspecified atom stereocenters. The van der Waals surface area contributed by atoms with Gasteiger partial charge in [-0.25, -0.2) is 4.98 Å². The Labute approximate surface area is 82.0 Å². The molecule has 0 aliphatic rings. The number of fused-ring (bicyclic) bond motifs is 1. The van der Waals surface area contributed by atoms with Crippen LogP contribution in [-0.2, 0) is 0 Å². The van der Waals surface area contributed by atoms with E-state index in [4.69, 9.17) is 5.73 Å². The highest BCUT2D eigenvalue weighted by Gasteiger charge is 2.11. The lowest BCUT2D eigenvalue weighted by Gasteiger charge is -2.05. The molecule has 0 bridgehead atoms. The fraction of sp³-hybridized carbons (Fsp3) is 0.444. The highest BCUT2D eigenvalue weighted by Crippen LogP contribution is 2.12. The van der Waals surface area contributed by atoms with Crippen LogP contribution in [-0.4, -0.2) is 19.6 Å². The van der Waals surface area contributed by atoms with Crippen molar-refractivity contribution in [3.05, 3.63) is 23.9 Å². The van der Waals surface area contributed by atoms with Crippen LogP contribution < -0.4 is 5.73 Å². The summed E-state index contributed by atoms with van der Waals surface area (Å²) >= 11 is 0. The zero-order valence-electron chi connectivity index (χ0n) is 8.31. The topological polar surface area (TPSA) is 69.1 Å². The Morgan fingerprint density at radius 3 is 3.00 bits per heavy atom. The molecule has 2 N–H and O–H groups in total. The molecular weight excluding hydrogens is 178 g/mol. The van der Waals surface area contributed by atoms with E-state index < -0.39 is 0 Å². The van der Waals surface area contributed by atoms with Crippen molar-refractivity contribution in [1.82, 2.24) is 19.6 Å². The first-order valence-corrected chi connectivity index (χ1v) is 4.65. The minimum Gasteiger partial charge on any atom is -0.321 e. The third-order valence-electron chi connectivity index (χ3n) is 2.23. The first kappa shape index (κ1) is 9.08. The average molecular weight is 191 g/mol. The maximum absolute atomic E-state index is 5.89. The van der Waals surface area contributed by atoms with E-state index in [1.165, 1.54) is 0 Å². The summed E-state index contributed by atoms with van der Waals surface area (Å²) in [7, 11) is 0. The number of nitrogens with two attached hydrogens (primary N) is 1. The quantitative estimate of drug-likeness (QED) is 0.763. The van der Waals surface area contributed by atoms with Gasteiger partial charge in [-0.3, -0.25) is 4.40 Å². The predicted molar refractivity (Wildman–Crippen MR) is 52.7 cm³/mol. The molecule has 0 fully saturated rings. The lowest BCUT2D eigenvalue weighted by molar-refractivity contribution is 0.638. The summed E-state index contributed by atoms with van der Waals surface area (Å²) in [5, 5.41) is 8.10. The first-order valence-electron chi connectivity index (χ1n) is 4.65. The molecule has 2 rings (SSSR count). The molecule has 74 valence electrons. The molecule has 2 heterocycles. The van der Waals surface area contributed by atoms with Crippen molar-refractivity contribution in [2.75, 3.05) is 0 Å². The highest BCUT2D eigenvalue weighted by molar-refractivity contribution is 5.38. The largest absolute Gasteiger partial charge is 0.321 e. The summed E-state index contributed by atoms with van der Waals surface area (Å²) in [6, 6.07) is 1.81. The molecule has 1 atom stereocenters. The van der Waals surface area contributed by atoms with Gasteiger partial charge in [-0.2, -0.15) is 0 Å². The van der Waals surface area contributed by atoms with E-state index >= 15 is 0 Å². The maximum Gasteiger partial charge on any atom is 0.163 e.